The lowest BCUT2D eigenvalue weighted by Gasteiger charge is -2.37. The van der Waals surface area contributed by atoms with Crippen LogP contribution in [0, 0.1) is 0 Å². The van der Waals surface area contributed by atoms with Crippen molar-refractivity contribution in [2.45, 2.75) is 97.3 Å². The largest absolute Gasteiger partial charge is 0.491 e. The Hall–Kier alpha value is -2.04. The Labute approximate surface area is 212 Å². The molecule has 1 fully saturated rings. The van der Waals surface area contributed by atoms with E-state index < -0.39 is 0 Å². The molecule has 0 bridgehead atoms. The highest BCUT2D eigenvalue weighted by Crippen LogP contribution is 2.47. The first-order valence-corrected chi connectivity index (χ1v) is 13.9. The van der Waals surface area contributed by atoms with Crippen molar-refractivity contribution in [2.75, 3.05) is 26.4 Å². The minimum absolute atomic E-state index is 0.0246. The van der Waals surface area contributed by atoms with E-state index in [1.54, 1.807) is 0 Å². The second-order valence-corrected chi connectivity index (χ2v) is 9.80. The summed E-state index contributed by atoms with van der Waals surface area (Å²) in [6.07, 6.45) is 11.0. The minimum Gasteiger partial charge on any atom is -0.491 e. The van der Waals surface area contributed by atoms with Gasteiger partial charge in [-0.25, -0.2) is 0 Å². The maximum absolute atomic E-state index is 9.36. The molecule has 1 aliphatic rings. The van der Waals surface area contributed by atoms with Crippen LogP contribution in [-0.2, 0) is 31.1 Å². The molecule has 0 atom stereocenters. The van der Waals surface area contributed by atoms with E-state index in [1.807, 2.05) is 0 Å². The van der Waals surface area contributed by atoms with Crippen molar-refractivity contribution in [3.63, 3.8) is 0 Å². The molecule has 0 radical (unpaired) electrons. The van der Waals surface area contributed by atoms with Gasteiger partial charge >= 0.3 is 0 Å². The molecular weight excluding hydrogens is 436 g/mol. The maximum Gasteiger partial charge on any atom is 0.125 e. The van der Waals surface area contributed by atoms with Crippen LogP contribution in [0.5, 0.6) is 11.5 Å². The second kappa shape index (κ2) is 13.3. The van der Waals surface area contributed by atoms with E-state index in [0.29, 0.717) is 13.2 Å². The Bertz CT molecular complexity index is 821. The standard InChI is InChI=1S/C31H46O4/c1-5-23-19-27(20-24(6-2)29(23)34-17-15-32)31(13-11-9-10-12-14-31)28-21-25(7-3)30(35-18-16-33)26(8-4)22-28/h19-22,32-33H,5-18H2,1-4H3. The molecule has 4 heteroatoms. The predicted octanol–water partition coefficient (Wildman–Crippen LogP) is 6.32. The highest BCUT2D eigenvalue weighted by Gasteiger charge is 2.36. The topological polar surface area (TPSA) is 58.9 Å². The minimum atomic E-state index is -0.0246. The van der Waals surface area contributed by atoms with Crippen molar-refractivity contribution in [2.24, 2.45) is 0 Å². The normalized spacial score (nSPS) is 15.6. The summed E-state index contributed by atoms with van der Waals surface area (Å²) in [5.41, 5.74) is 7.77. The van der Waals surface area contributed by atoms with Gasteiger partial charge in [-0.15, -0.1) is 0 Å². The number of rotatable bonds is 12. The van der Waals surface area contributed by atoms with Crippen molar-refractivity contribution in [3.8, 4) is 11.5 Å². The van der Waals surface area contributed by atoms with Gasteiger partial charge in [-0.1, -0.05) is 77.6 Å². The van der Waals surface area contributed by atoms with Crippen LogP contribution in [0.25, 0.3) is 0 Å². The van der Waals surface area contributed by atoms with E-state index in [-0.39, 0.29) is 18.6 Å². The summed E-state index contributed by atoms with van der Waals surface area (Å²) in [4.78, 5) is 0. The van der Waals surface area contributed by atoms with Crippen molar-refractivity contribution in [1.29, 1.82) is 0 Å². The van der Waals surface area contributed by atoms with E-state index in [4.69, 9.17) is 9.47 Å². The molecule has 1 aliphatic carbocycles. The van der Waals surface area contributed by atoms with Gasteiger partial charge in [0.05, 0.1) is 13.2 Å². The summed E-state index contributed by atoms with van der Waals surface area (Å²) in [5, 5.41) is 18.7. The molecule has 2 aromatic carbocycles. The van der Waals surface area contributed by atoms with Crippen LogP contribution >= 0.6 is 0 Å². The zero-order valence-corrected chi connectivity index (χ0v) is 22.4. The number of benzene rings is 2. The third kappa shape index (κ3) is 6.03. The molecule has 0 heterocycles. The SMILES string of the molecule is CCc1cc(C2(c3cc(CC)c(OCCO)c(CC)c3)CCCCCC2)cc(CC)c1OCCO. The van der Waals surface area contributed by atoms with Crippen molar-refractivity contribution < 1.29 is 19.7 Å². The van der Waals surface area contributed by atoms with Gasteiger partial charge in [0.15, 0.2) is 0 Å². The Kier molecular flexibility index (Phi) is 10.5. The van der Waals surface area contributed by atoms with Crippen LogP contribution in [0.15, 0.2) is 24.3 Å². The lowest BCUT2D eigenvalue weighted by atomic mass is 9.67. The fourth-order valence-electron chi connectivity index (χ4n) is 5.85. The van der Waals surface area contributed by atoms with E-state index in [9.17, 15) is 10.2 Å². The zero-order chi connectivity index (χ0) is 25.3. The number of ether oxygens (including phenoxy) is 2. The molecule has 0 aliphatic heterocycles. The average Bonchev–Trinajstić information content (AvgIpc) is 3.16. The van der Waals surface area contributed by atoms with Crippen LogP contribution in [0.2, 0.25) is 0 Å². The molecule has 0 amide bonds. The zero-order valence-electron chi connectivity index (χ0n) is 22.4. The number of hydrogen-bond acceptors (Lipinski definition) is 4. The first-order valence-electron chi connectivity index (χ1n) is 13.9. The van der Waals surface area contributed by atoms with Crippen molar-refractivity contribution >= 4 is 0 Å². The molecule has 0 aromatic heterocycles. The van der Waals surface area contributed by atoms with Gasteiger partial charge in [0.25, 0.3) is 0 Å². The molecular formula is C31H46O4. The first-order chi connectivity index (χ1) is 17.1. The van der Waals surface area contributed by atoms with E-state index in [1.165, 1.54) is 59.1 Å². The number of aryl methyl sites for hydroxylation is 4. The Morgan fingerprint density at radius 2 is 0.943 bits per heavy atom. The molecule has 2 aromatic rings. The van der Waals surface area contributed by atoms with Gasteiger partial charge in [-0.2, -0.15) is 0 Å². The summed E-state index contributed by atoms with van der Waals surface area (Å²) in [5.74, 6) is 1.93. The van der Waals surface area contributed by atoms with E-state index in [2.05, 4.69) is 52.0 Å². The van der Waals surface area contributed by atoms with Crippen LogP contribution in [0.1, 0.15) is 99.6 Å². The number of hydrogen-bond donors (Lipinski definition) is 2. The molecule has 2 N–H and O–H groups in total. The van der Waals surface area contributed by atoms with Crippen molar-refractivity contribution in [3.05, 3.63) is 57.6 Å². The summed E-state index contributed by atoms with van der Waals surface area (Å²) in [6.45, 7) is 9.51. The number of aliphatic hydroxyl groups is 2. The van der Waals surface area contributed by atoms with Gasteiger partial charge in [0, 0.05) is 5.41 Å². The Balaban J connectivity index is 2.23. The second-order valence-electron chi connectivity index (χ2n) is 9.80. The van der Waals surface area contributed by atoms with Gasteiger partial charge < -0.3 is 19.7 Å². The van der Waals surface area contributed by atoms with Crippen molar-refractivity contribution in [1.82, 2.24) is 0 Å². The molecule has 0 saturated heterocycles. The highest BCUT2D eigenvalue weighted by molar-refractivity contribution is 5.54. The van der Waals surface area contributed by atoms with E-state index >= 15 is 0 Å². The van der Waals surface area contributed by atoms with Crippen LogP contribution in [0.3, 0.4) is 0 Å². The summed E-state index contributed by atoms with van der Waals surface area (Å²) in [7, 11) is 0. The fraction of sp³-hybridized carbons (Fsp3) is 0.613. The van der Waals surface area contributed by atoms with Gasteiger partial charge in [-0.05, 0) is 71.9 Å². The lowest BCUT2D eigenvalue weighted by Crippen LogP contribution is -2.28. The fourth-order valence-corrected chi connectivity index (χ4v) is 5.85. The molecule has 0 spiro atoms. The molecule has 3 rings (SSSR count). The molecule has 194 valence electrons. The molecule has 0 unspecified atom stereocenters. The lowest BCUT2D eigenvalue weighted by molar-refractivity contribution is 0.199. The number of aliphatic hydroxyl groups excluding tert-OH is 2. The van der Waals surface area contributed by atoms with Crippen LogP contribution < -0.4 is 9.47 Å². The summed E-state index contributed by atoms with van der Waals surface area (Å²) < 4.78 is 12.1. The highest BCUT2D eigenvalue weighted by atomic mass is 16.5. The smallest absolute Gasteiger partial charge is 0.125 e. The van der Waals surface area contributed by atoms with Gasteiger partial charge in [0.1, 0.15) is 24.7 Å². The summed E-state index contributed by atoms with van der Waals surface area (Å²) in [6, 6.07) is 9.57. The van der Waals surface area contributed by atoms with E-state index in [0.717, 1.165) is 50.0 Å². The van der Waals surface area contributed by atoms with Gasteiger partial charge in [0.2, 0.25) is 0 Å². The molecule has 35 heavy (non-hydrogen) atoms. The Morgan fingerprint density at radius 3 is 1.23 bits per heavy atom. The summed E-state index contributed by atoms with van der Waals surface area (Å²) >= 11 is 0. The third-order valence-electron chi connectivity index (χ3n) is 7.75. The predicted molar refractivity (Wildman–Crippen MR) is 144 cm³/mol. The van der Waals surface area contributed by atoms with Crippen LogP contribution in [0.4, 0.5) is 0 Å². The average molecular weight is 483 g/mol. The van der Waals surface area contributed by atoms with Gasteiger partial charge in [-0.3, -0.25) is 0 Å². The monoisotopic (exact) mass is 482 g/mol. The molecule has 4 nitrogen and oxygen atoms in total. The third-order valence-corrected chi connectivity index (χ3v) is 7.75. The quantitative estimate of drug-likeness (QED) is 0.348. The first kappa shape index (κ1) is 27.5. The Morgan fingerprint density at radius 1 is 0.600 bits per heavy atom. The maximum atomic E-state index is 9.36. The molecule has 1 saturated carbocycles. The van der Waals surface area contributed by atoms with Crippen LogP contribution in [-0.4, -0.2) is 36.6 Å².